The quantitative estimate of drug-likeness (QED) is 0.679. The highest BCUT2D eigenvalue weighted by molar-refractivity contribution is 7.17. The van der Waals surface area contributed by atoms with Gasteiger partial charge < -0.3 is 5.32 Å². The van der Waals surface area contributed by atoms with E-state index in [1.54, 1.807) is 11.4 Å². The third kappa shape index (κ3) is 4.36. The van der Waals surface area contributed by atoms with Crippen molar-refractivity contribution in [2.45, 2.75) is 39.9 Å². The SMILES string of the molecule is CC(C)CCn1c(=O)c2sccc2n(CC(=O)NCc2ccccc2)c1=O. The topological polar surface area (TPSA) is 73.1 Å². The van der Waals surface area contributed by atoms with Crippen molar-refractivity contribution >= 4 is 27.5 Å². The van der Waals surface area contributed by atoms with Gasteiger partial charge in [0.25, 0.3) is 5.56 Å². The van der Waals surface area contributed by atoms with Gasteiger partial charge in [-0.3, -0.25) is 18.7 Å². The van der Waals surface area contributed by atoms with E-state index in [0.29, 0.717) is 29.2 Å². The van der Waals surface area contributed by atoms with Gasteiger partial charge in [0.05, 0.1) is 5.52 Å². The Morgan fingerprint density at radius 2 is 1.85 bits per heavy atom. The summed E-state index contributed by atoms with van der Waals surface area (Å²) in [6.07, 6.45) is 0.728. The van der Waals surface area contributed by atoms with Crippen molar-refractivity contribution in [3.8, 4) is 0 Å². The number of nitrogens with one attached hydrogen (secondary N) is 1. The van der Waals surface area contributed by atoms with Crippen molar-refractivity contribution in [1.29, 1.82) is 0 Å². The second-order valence-corrected chi connectivity index (χ2v) is 7.82. The Bertz CT molecular complexity index is 1050. The van der Waals surface area contributed by atoms with Crippen molar-refractivity contribution in [3.63, 3.8) is 0 Å². The summed E-state index contributed by atoms with van der Waals surface area (Å²) in [5.74, 6) is 0.112. The maximum Gasteiger partial charge on any atom is 0.332 e. The Hall–Kier alpha value is -2.67. The van der Waals surface area contributed by atoms with Crippen LogP contribution in [-0.4, -0.2) is 15.0 Å². The number of hydrogen-bond acceptors (Lipinski definition) is 4. The molecule has 27 heavy (non-hydrogen) atoms. The number of nitrogens with zero attached hydrogens (tertiary/aromatic N) is 2. The Morgan fingerprint density at radius 3 is 2.56 bits per heavy atom. The molecule has 1 N–H and O–H groups in total. The summed E-state index contributed by atoms with van der Waals surface area (Å²) < 4.78 is 3.16. The first-order valence-corrected chi connectivity index (χ1v) is 9.87. The summed E-state index contributed by atoms with van der Waals surface area (Å²) in [6, 6.07) is 11.3. The lowest BCUT2D eigenvalue weighted by atomic mass is 10.1. The summed E-state index contributed by atoms with van der Waals surface area (Å²) in [7, 11) is 0. The monoisotopic (exact) mass is 385 g/mol. The van der Waals surface area contributed by atoms with Crippen molar-refractivity contribution in [3.05, 3.63) is 68.2 Å². The molecule has 0 aliphatic rings. The number of rotatable bonds is 7. The second-order valence-electron chi connectivity index (χ2n) is 6.91. The third-order valence-corrected chi connectivity index (χ3v) is 5.29. The first kappa shape index (κ1) is 19.1. The fraction of sp³-hybridized carbons (Fsp3) is 0.350. The molecule has 0 bridgehead atoms. The minimum Gasteiger partial charge on any atom is -0.350 e. The molecule has 2 heterocycles. The normalized spacial score (nSPS) is 11.2. The first-order valence-electron chi connectivity index (χ1n) is 8.99. The predicted molar refractivity (Wildman–Crippen MR) is 108 cm³/mol. The zero-order chi connectivity index (χ0) is 19.4. The fourth-order valence-electron chi connectivity index (χ4n) is 2.87. The van der Waals surface area contributed by atoms with Gasteiger partial charge in [-0.15, -0.1) is 11.3 Å². The van der Waals surface area contributed by atoms with Crippen molar-refractivity contribution in [2.24, 2.45) is 5.92 Å². The van der Waals surface area contributed by atoms with Crippen LogP contribution in [0.25, 0.3) is 10.2 Å². The van der Waals surface area contributed by atoms with E-state index in [4.69, 9.17) is 0 Å². The van der Waals surface area contributed by atoms with Crippen LogP contribution in [0.15, 0.2) is 51.4 Å². The molecule has 0 aliphatic heterocycles. The van der Waals surface area contributed by atoms with Crippen LogP contribution in [0.3, 0.4) is 0 Å². The average Bonchev–Trinajstić information content (AvgIpc) is 3.14. The third-order valence-electron chi connectivity index (χ3n) is 4.40. The van der Waals surface area contributed by atoms with Crippen molar-refractivity contribution in [2.75, 3.05) is 0 Å². The minimum absolute atomic E-state index is 0.110. The van der Waals surface area contributed by atoms with Crippen LogP contribution in [0.1, 0.15) is 25.8 Å². The Morgan fingerprint density at radius 1 is 1.11 bits per heavy atom. The van der Waals surface area contributed by atoms with E-state index < -0.39 is 5.69 Å². The molecule has 0 atom stereocenters. The summed E-state index contributed by atoms with van der Waals surface area (Å²) >= 11 is 1.30. The molecule has 0 radical (unpaired) electrons. The molecule has 7 heteroatoms. The summed E-state index contributed by atoms with van der Waals surface area (Å²) in [5, 5.41) is 4.61. The Labute approximate surface area is 161 Å². The molecule has 6 nitrogen and oxygen atoms in total. The molecule has 0 spiro atoms. The molecule has 0 saturated heterocycles. The number of amides is 1. The zero-order valence-electron chi connectivity index (χ0n) is 15.5. The Kier molecular flexibility index (Phi) is 5.91. The standard InChI is InChI=1S/C20H23N3O3S/c1-14(2)8-10-22-19(25)18-16(9-11-27-18)23(20(22)26)13-17(24)21-12-15-6-4-3-5-7-15/h3-7,9,11,14H,8,10,12-13H2,1-2H3,(H,21,24). The van der Waals surface area contributed by atoms with E-state index in [-0.39, 0.29) is 18.0 Å². The van der Waals surface area contributed by atoms with Crippen LogP contribution >= 0.6 is 11.3 Å². The van der Waals surface area contributed by atoms with Crippen LogP contribution in [0, 0.1) is 5.92 Å². The van der Waals surface area contributed by atoms with E-state index in [0.717, 1.165) is 12.0 Å². The highest BCUT2D eigenvalue weighted by atomic mass is 32.1. The molecule has 1 aromatic carbocycles. The molecule has 1 amide bonds. The molecule has 0 unspecified atom stereocenters. The van der Waals surface area contributed by atoms with Gasteiger partial charge >= 0.3 is 5.69 Å². The van der Waals surface area contributed by atoms with Crippen LogP contribution in [0.4, 0.5) is 0 Å². The Balaban J connectivity index is 1.86. The molecular weight excluding hydrogens is 362 g/mol. The van der Waals surface area contributed by atoms with Gasteiger partial charge in [-0.1, -0.05) is 44.2 Å². The van der Waals surface area contributed by atoms with E-state index in [1.165, 1.54) is 20.5 Å². The smallest absolute Gasteiger partial charge is 0.332 e. The van der Waals surface area contributed by atoms with Crippen LogP contribution in [-0.2, 0) is 24.4 Å². The van der Waals surface area contributed by atoms with E-state index in [2.05, 4.69) is 5.32 Å². The lowest BCUT2D eigenvalue weighted by molar-refractivity contribution is -0.121. The molecule has 2 aromatic heterocycles. The van der Waals surface area contributed by atoms with E-state index >= 15 is 0 Å². The maximum absolute atomic E-state index is 12.9. The lowest BCUT2D eigenvalue weighted by Gasteiger charge is -2.13. The number of benzene rings is 1. The first-order chi connectivity index (χ1) is 13.0. The molecule has 3 rings (SSSR count). The second kappa shape index (κ2) is 8.35. The van der Waals surface area contributed by atoms with E-state index in [9.17, 15) is 14.4 Å². The largest absolute Gasteiger partial charge is 0.350 e. The molecule has 0 saturated carbocycles. The van der Waals surface area contributed by atoms with Crippen LogP contribution < -0.4 is 16.6 Å². The summed E-state index contributed by atoms with van der Waals surface area (Å²) in [5.41, 5.74) is 0.805. The maximum atomic E-state index is 12.9. The van der Waals surface area contributed by atoms with Crippen LogP contribution in [0.2, 0.25) is 0 Å². The van der Waals surface area contributed by atoms with E-state index in [1.807, 2.05) is 44.2 Å². The predicted octanol–water partition coefficient (Wildman–Crippen LogP) is 2.59. The van der Waals surface area contributed by atoms with Crippen LogP contribution in [0.5, 0.6) is 0 Å². The highest BCUT2D eigenvalue weighted by Crippen LogP contribution is 2.15. The van der Waals surface area contributed by atoms with Gasteiger partial charge in [0.15, 0.2) is 0 Å². The fourth-order valence-corrected chi connectivity index (χ4v) is 3.71. The van der Waals surface area contributed by atoms with Gasteiger partial charge in [-0.2, -0.15) is 0 Å². The van der Waals surface area contributed by atoms with Gasteiger partial charge in [-0.25, -0.2) is 4.79 Å². The average molecular weight is 385 g/mol. The molecule has 142 valence electrons. The minimum atomic E-state index is -0.429. The zero-order valence-corrected chi connectivity index (χ0v) is 16.3. The van der Waals surface area contributed by atoms with Crippen molar-refractivity contribution in [1.82, 2.24) is 14.5 Å². The highest BCUT2D eigenvalue weighted by Gasteiger charge is 2.16. The number of carbonyl (C=O) groups excluding carboxylic acids is 1. The molecule has 0 fully saturated rings. The van der Waals surface area contributed by atoms with Gasteiger partial charge in [0.1, 0.15) is 11.2 Å². The molecular formula is C20H23N3O3S. The summed E-state index contributed by atoms with van der Waals surface area (Å²) in [4.78, 5) is 37.9. The van der Waals surface area contributed by atoms with Gasteiger partial charge in [0, 0.05) is 13.1 Å². The summed E-state index contributed by atoms with van der Waals surface area (Å²) in [6.45, 7) is 4.73. The molecule has 0 aliphatic carbocycles. The lowest BCUT2D eigenvalue weighted by Crippen LogP contribution is -2.42. The van der Waals surface area contributed by atoms with Crippen molar-refractivity contribution < 1.29 is 4.79 Å². The number of carbonyl (C=O) groups is 1. The number of hydrogen-bond donors (Lipinski definition) is 1. The van der Waals surface area contributed by atoms with Gasteiger partial charge in [0.2, 0.25) is 5.91 Å². The number of fused-ring (bicyclic) bond motifs is 1. The number of aromatic nitrogens is 2. The van der Waals surface area contributed by atoms with Gasteiger partial charge in [-0.05, 0) is 29.3 Å². The number of thiophene rings is 1. The molecule has 3 aromatic rings.